The van der Waals surface area contributed by atoms with Crippen molar-refractivity contribution in [2.45, 2.75) is 6.42 Å². The van der Waals surface area contributed by atoms with Gasteiger partial charge in [-0.15, -0.1) is 0 Å². The fourth-order valence-electron chi connectivity index (χ4n) is 3.49. The molecular formula is C21H22N4O. The monoisotopic (exact) mass is 346 g/mol. The number of hydrogen-bond acceptors (Lipinski definition) is 3. The Morgan fingerprint density at radius 2 is 1.85 bits per heavy atom. The lowest BCUT2D eigenvalue weighted by Gasteiger charge is -2.18. The first-order valence-corrected chi connectivity index (χ1v) is 8.98. The lowest BCUT2D eigenvalue weighted by Crippen LogP contribution is -2.31. The van der Waals surface area contributed by atoms with E-state index < -0.39 is 0 Å². The van der Waals surface area contributed by atoms with Crippen molar-refractivity contribution in [1.29, 1.82) is 0 Å². The van der Waals surface area contributed by atoms with E-state index in [1.807, 2.05) is 36.4 Å². The smallest absolute Gasteiger partial charge is 0.255 e. The average Bonchev–Trinajstić information content (AvgIpc) is 3.37. The van der Waals surface area contributed by atoms with E-state index in [1.165, 1.54) is 5.69 Å². The Labute approximate surface area is 153 Å². The SMILES string of the molecule is O=C(NC[C@@H]1CCN(c2ccccc2)C1)c1cn[nH]c1-c1ccccc1. The molecule has 0 aliphatic carbocycles. The Bertz CT molecular complexity index is 860. The summed E-state index contributed by atoms with van der Waals surface area (Å²) < 4.78 is 0. The number of H-pyrrole nitrogens is 1. The van der Waals surface area contributed by atoms with E-state index in [9.17, 15) is 4.79 Å². The summed E-state index contributed by atoms with van der Waals surface area (Å²) in [5, 5.41) is 10.1. The van der Waals surface area contributed by atoms with Crippen LogP contribution in [0.4, 0.5) is 5.69 Å². The second kappa shape index (κ2) is 7.44. The van der Waals surface area contributed by atoms with Gasteiger partial charge in [-0.25, -0.2) is 0 Å². The predicted molar refractivity (Wildman–Crippen MR) is 103 cm³/mol. The summed E-state index contributed by atoms with van der Waals surface area (Å²) in [7, 11) is 0. The van der Waals surface area contributed by atoms with E-state index in [2.05, 4.69) is 44.7 Å². The first-order valence-electron chi connectivity index (χ1n) is 8.98. The molecule has 1 fully saturated rings. The fraction of sp³-hybridized carbons (Fsp3) is 0.238. The molecule has 2 heterocycles. The molecule has 0 spiro atoms. The molecule has 1 amide bonds. The molecule has 1 saturated heterocycles. The molecule has 1 aliphatic rings. The van der Waals surface area contributed by atoms with Crippen molar-refractivity contribution in [1.82, 2.24) is 15.5 Å². The number of aromatic nitrogens is 2. The van der Waals surface area contributed by atoms with Crippen LogP contribution in [0.25, 0.3) is 11.3 Å². The van der Waals surface area contributed by atoms with Crippen LogP contribution in [0, 0.1) is 5.92 Å². The maximum absolute atomic E-state index is 12.6. The van der Waals surface area contributed by atoms with Crippen LogP contribution in [0.3, 0.4) is 0 Å². The van der Waals surface area contributed by atoms with Crippen LogP contribution in [-0.2, 0) is 0 Å². The standard InChI is InChI=1S/C21H22N4O/c26-21(19-14-23-24-20(19)17-7-3-1-4-8-17)22-13-16-11-12-25(15-16)18-9-5-2-6-10-18/h1-10,14,16H,11-13,15H2,(H,22,26)(H,23,24)/t16-/m0/s1. The highest BCUT2D eigenvalue weighted by molar-refractivity contribution is 5.99. The lowest BCUT2D eigenvalue weighted by molar-refractivity contribution is 0.0949. The number of amides is 1. The van der Waals surface area contributed by atoms with Crippen molar-refractivity contribution < 1.29 is 4.79 Å². The zero-order valence-corrected chi connectivity index (χ0v) is 14.6. The molecule has 132 valence electrons. The number of benzene rings is 2. The summed E-state index contributed by atoms with van der Waals surface area (Å²) in [5.41, 5.74) is 3.57. The Balaban J connectivity index is 1.36. The second-order valence-electron chi connectivity index (χ2n) is 6.67. The van der Waals surface area contributed by atoms with Crippen molar-refractivity contribution in [3.63, 3.8) is 0 Å². The minimum absolute atomic E-state index is 0.0734. The lowest BCUT2D eigenvalue weighted by atomic mass is 10.1. The Morgan fingerprint density at radius 1 is 1.12 bits per heavy atom. The van der Waals surface area contributed by atoms with Crippen molar-refractivity contribution >= 4 is 11.6 Å². The summed E-state index contributed by atoms with van der Waals surface area (Å²) in [4.78, 5) is 15.0. The van der Waals surface area contributed by atoms with E-state index >= 15 is 0 Å². The van der Waals surface area contributed by atoms with Crippen LogP contribution in [0.5, 0.6) is 0 Å². The second-order valence-corrected chi connectivity index (χ2v) is 6.67. The van der Waals surface area contributed by atoms with Gasteiger partial charge in [-0.2, -0.15) is 5.10 Å². The molecule has 1 atom stereocenters. The predicted octanol–water partition coefficient (Wildman–Crippen LogP) is 3.33. The third kappa shape index (κ3) is 3.47. The number of rotatable bonds is 5. The van der Waals surface area contributed by atoms with Crippen LogP contribution in [-0.4, -0.2) is 35.7 Å². The number of para-hydroxylation sites is 1. The van der Waals surface area contributed by atoms with E-state index in [-0.39, 0.29) is 5.91 Å². The third-order valence-corrected chi connectivity index (χ3v) is 4.90. The molecule has 1 aromatic heterocycles. The Kier molecular flexibility index (Phi) is 4.69. The van der Waals surface area contributed by atoms with Gasteiger partial charge in [0.2, 0.25) is 0 Å². The average molecular weight is 346 g/mol. The zero-order valence-electron chi connectivity index (χ0n) is 14.6. The molecule has 2 aromatic carbocycles. The summed E-state index contributed by atoms with van der Waals surface area (Å²) >= 11 is 0. The van der Waals surface area contributed by atoms with Gasteiger partial charge in [0.05, 0.1) is 17.5 Å². The highest BCUT2D eigenvalue weighted by Gasteiger charge is 2.24. The fourth-order valence-corrected chi connectivity index (χ4v) is 3.49. The van der Waals surface area contributed by atoms with Crippen LogP contribution in [0.15, 0.2) is 66.9 Å². The van der Waals surface area contributed by atoms with Crippen LogP contribution in [0.1, 0.15) is 16.8 Å². The minimum atomic E-state index is -0.0734. The molecule has 5 heteroatoms. The van der Waals surface area contributed by atoms with E-state index in [0.717, 1.165) is 30.8 Å². The molecule has 1 aliphatic heterocycles. The Morgan fingerprint density at radius 3 is 2.62 bits per heavy atom. The highest BCUT2D eigenvalue weighted by atomic mass is 16.1. The first-order chi connectivity index (χ1) is 12.8. The number of nitrogens with zero attached hydrogens (tertiary/aromatic N) is 2. The normalized spacial score (nSPS) is 16.6. The zero-order chi connectivity index (χ0) is 17.8. The van der Waals surface area contributed by atoms with Gasteiger partial charge < -0.3 is 10.2 Å². The molecule has 26 heavy (non-hydrogen) atoms. The van der Waals surface area contributed by atoms with Crippen molar-refractivity contribution in [2.75, 3.05) is 24.5 Å². The number of hydrogen-bond donors (Lipinski definition) is 2. The van der Waals surface area contributed by atoms with Crippen molar-refractivity contribution in [3.8, 4) is 11.3 Å². The van der Waals surface area contributed by atoms with Gasteiger partial charge in [-0.1, -0.05) is 48.5 Å². The molecule has 4 rings (SSSR count). The third-order valence-electron chi connectivity index (χ3n) is 4.90. The maximum Gasteiger partial charge on any atom is 0.255 e. The first kappa shape index (κ1) is 16.4. The number of aromatic amines is 1. The van der Waals surface area contributed by atoms with Gasteiger partial charge >= 0.3 is 0 Å². The quantitative estimate of drug-likeness (QED) is 0.745. The van der Waals surface area contributed by atoms with E-state index in [1.54, 1.807) is 6.20 Å². The number of carbonyl (C=O) groups is 1. The molecule has 5 nitrogen and oxygen atoms in total. The molecule has 0 bridgehead atoms. The van der Waals surface area contributed by atoms with E-state index in [4.69, 9.17) is 0 Å². The molecule has 2 N–H and O–H groups in total. The highest BCUT2D eigenvalue weighted by Crippen LogP contribution is 2.24. The number of nitrogens with one attached hydrogen (secondary N) is 2. The van der Waals surface area contributed by atoms with Gasteiger partial charge in [-0.05, 0) is 24.5 Å². The molecular weight excluding hydrogens is 324 g/mol. The van der Waals surface area contributed by atoms with Crippen LogP contribution < -0.4 is 10.2 Å². The summed E-state index contributed by atoms with van der Waals surface area (Å²) in [6.07, 6.45) is 2.69. The molecule has 0 saturated carbocycles. The van der Waals surface area contributed by atoms with Crippen LogP contribution in [0.2, 0.25) is 0 Å². The molecule has 0 unspecified atom stereocenters. The van der Waals surface area contributed by atoms with Gasteiger partial charge in [-0.3, -0.25) is 9.89 Å². The molecule has 3 aromatic rings. The molecule has 0 radical (unpaired) electrons. The van der Waals surface area contributed by atoms with Gasteiger partial charge in [0.1, 0.15) is 0 Å². The summed E-state index contributed by atoms with van der Waals surface area (Å²) in [6.45, 7) is 2.69. The van der Waals surface area contributed by atoms with E-state index in [0.29, 0.717) is 18.0 Å². The summed E-state index contributed by atoms with van der Waals surface area (Å²) in [6, 6.07) is 20.2. The van der Waals surface area contributed by atoms with Gasteiger partial charge in [0, 0.05) is 30.9 Å². The largest absolute Gasteiger partial charge is 0.371 e. The number of carbonyl (C=O) groups excluding carboxylic acids is 1. The minimum Gasteiger partial charge on any atom is -0.371 e. The Hall–Kier alpha value is -3.08. The van der Waals surface area contributed by atoms with Crippen LogP contribution >= 0.6 is 0 Å². The van der Waals surface area contributed by atoms with Gasteiger partial charge in [0.25, 0.3) is 5.91 Å². The number of anilines is 1. The van der Waals surface area contributed by atoms with Gasteiger partial charge in [0.15, 0.2) is 0 Å². The topological polar surface area (TPSA) is 61.0 Å². The maximum atomic E-state index is 12.6. The van der Waals surface area contributed by atoms with Crippen molar-refractivity contribution in [3.05, 3.63) is 72.4 Å². The summed E-state index contributed by atoms with van der Waals surface area (Å²) in [5.74, 6) is 0.391. The van der Waals surface area contributed by atoms with Crippen molar-refractivity contribution in [2.24, 2.45) is 5.92 Å².